The predicted octanol–water partition coefficient (Wildman–Crippen LogP) is 2.66. The van der Waals surface area contributed by atoms with Gasteiger partial charge in [0.25, 0.3) is 0 Å². The first-order chi connectivity index (χ1) is 12.5. The molecule has 1 spiro atoms. The molecule has 1 N–H and O–H groups in total. The van der Waals surface area contributed by atoms with E-state index in [4.69, 9.17) is 0 Å². The predicted molar refractivity (Wildman–Crippen MR) is 101 cm³/mol. The lowest BCUT2D eigenvalue weighted by molar-refractivity contribution is -0.132. The van der Waals surface area contributed by atoms with E-state index in [1.807, 2.05) is 47.5 Å². The second-order valence-corrected chi connectivity index (χ2v) is 8.41. The van der Waals surface area contributed by atoms with Gasteiger partial charge < -0.3 is 10.2 Å². The summed E-state index contributed by atoms with van der Waals surface area (Å²) in [6.07, 6.45) is 2.84. The van der Waals surface area contributed by atoms with Gasteiger partial charge in [0.05, 0.1) is 23.0 Å². The van der Waals surface area contributed by atoms with Crippen LogP contribution in [-0.2, 0) is 16.0 Å². The number of aromatic nitrogens is 1. The van der Waals surface area contributed by atoms with Crippen molar-refractivity contribution < 1.29 is 9.59 Å². The van der Waals surface area contributed by atoms with E-state index in [2.05, 4.69) is 10.3 Å². The van der Waals surface area contributed by atoms with Crippen molar-refractivity contribution in [1.29, 1.82) is 0 Å². The lowest BCUT2D eigenvalue weighted by atomic mass is 9.82. The number of piperidine rings is 1. The number of aryl methyl sites for hydroxylation is 1. The van der Waals surface area contributed by atoms with Crippen LogP contribution in [0.4, 0.5) is 0 Å². The minimum Gasteiger partial charge on any atom is -0.350 e. The van der Waals surface area contributed by atoms with Crippen molar-refractivity contribution in [3.63, 3.8) is 0 Å². The highest BCUT2D eigenvalue weighted by Crippen LogP contribution is 2.39. The van der Waals surface area contributed by atoms with Crippen LogP contribution < -0.4 is 5.32 Å². The number of hydrogen-bond acceptors (Lipinski definition) is 4. The average molecular weight is 369 g/mol. The molecule has 2 fully saturated rings. The second kappa shape index (κ2) is 6.83. The van der Waals surface area contributed by atoms with Gasteiger partial charge >= 0.3 is 0 Å². The number of thiazole rings is 1. The van der Waals surface area contributed by atoms with Gasteiger partial charge in [0.1, 0.15) is 0 Å². The Hall–Kier alpha value is -2.21. The molecule has 2 saturated heterocycles. The van der Waals surface area contributed by atoms with E-state index in [1.165, 1.54) is 0 Å². The third-order valence-electron chi connectivity index (χ3n) is 5.57. The van der Waals surface area contributed by atoms with Gasteiger partial charge in [-0.2, -0.15) is 0 Å². The standard InChI is InChI=1S/C20H23N3O2S/c1-14-21-16(13-26-14)11-18(24)23-9-7-20(8-10-23)12-17(19(25)22-20)15-5-3-2-4-6-15/h2-6,13,17H,7-12H2,1H3,(H,22,25)/t17-/m1/s1. The summed E-state index contributed by atoms with van der Waals surface area (Å²) >= 11 is 1.58. The zero-order valence-electron chi connectivity index (χ0n) is 14.9. The number of likely N-dealkylation sites (tertiary alicyclic amines) is 1. The van der Waals surface area contributed by atoms with Crippen molar-refractivity contribution in [2.45, 2.75) is 44.1 Å². The van der Waals surface area contributed by atoms with Gasteiger partial charge in [0.15, 0.2) is 0 Å². The third kappa shape index (κ3) is 3.38. The summed E-state index contributed by atoms with van der Waals surface area (Å²) in [4.78, 5) is 31.3. The van der Waals surface area contributed by atoms with E-state index >= 15 is 0 Å². The average Bonchev–Trinajstić information content (AvgIpc) is 3.19. The summed E-state index contributed by atoms with van der Waals surface area (Å²) in [7, 11) is 0. The van der Waals surface area contributed by atoms with Crippen molar-refractivity contribution in [3.05, 3.63) is 52.0 Å². The van der Waals surface area contributed by atoms with Crippen molar-refractivity contribution in [2.75, 3.05) is 13.1 Å². The Morgan fingerprint density at radius 3 is 2.69 bits per heavy atom. The fraction of sp³-hybridized carbons (Fsp3) is 0.450. The number of amides is 2. The number of carbonyl (C=O) groups is 2. The molecule has 5 nitrogen and oxygen atoms in total. The van der Waals surface area contributed by atoms with E-state index in [0.29, 0.717) is 19.5 Å². The van der Waals surface area contributed by atoms with E-state index in [0.717, 1.165) is 35.5 Å². The van der Waals surface area contributed by atoms with Gasteiger partial charge in [0, 0.05) is 24.0 Å². The molecule has 0 aliphatic carbocycles. The SMILES string of the molecule is Cc1nc(CC(=O)N2CCC3(CC2)C[C@H](c2ccccc2)C(=O)N3)cs1. The van der Waals surface area contributed by atoms with Gasteiger partial charge in [0.2, 0.25) is 11.8 Å². The van der Waals surface area contributed by atoms with E-state index < -0.39 is 0 Å². The minimum atomic E-state index is -0.161. The minimum absolute atomic E-state index is 0.0727. The quantitative estimate of drug-likeness (QED) is 0.905. The number of nitrogens with one attached hydrogen (secondary N) is 1. The molecule has 26 heavy (non-hydrogen) atoms. The molecule has 2 amide bonds. The van der Waals surface area contributed by atoms with Crippen molar-refractivity contribution >= 4 is 23.2 Å². The number of nitrogens with zero attached hydrogens (tertiary/aromatic N) is 2. The fourth-order valence-corrected chi connectivity index (χ4v) is 4.72. The Bertz CT molecular complexity index is 809. The number of rotatable bonds is 3. The zero-order chi connectivity index (χ0) is 18.1. The lowest BCUT2D eigenvalue weighted by Gasteiger charge is -2.39. The van der Waals surface area contributed by atoms with Gasteiger partial charge in [-0.05, 0) is 31.7 Å². The normalized spacial score (nSPS) is 21.8. The van der Waals surface area contributed by atoms with Crippen LogP contribution in [-0.4, -0.2) is 40.3 Å². The molecule has 3 heterocycles. The first-order valence-corrected chi connectivity index (χ1v) is 9.98. The smallest absolute Gasteiger partial charge is 0.228 e. The first-order valence-electron chi connectivity index (χ1n) is 9.10. The molecule has 6 heteroatoms. The van der Waals surface area contributed by atoms with E-state index in [9.17, 15) is 9.59 Å². The topological polar surface area (TPSA) is 62.3 Å². The molecule has 2 aromatic rings. The molecule has 4 rings (SSSR count). The number of hydrogen-bond donors (Lipinski definition) is 1. The molecule has 0 bridgehead atoms. The van der Waals surface area contributed by atoms with Crippen LogP contribution in [0.25, 0.3) is 0 Å². The molecule has 0 radical (unpaired) electrons. The van der Waals surface area contributed by atoms with Crippen molar-refractivity contribution in [3.8, 4) is 0 Å². The second-order valence-electron chi connectivity index (χ2n) is 7.35. The van der Waals surface area contributed by atoms with E-state index in [-0.39, 0.29) is 23.3 Å². The van der Waals surface area contributed by atoms with Crippen LogP contribution in [0, 0.1) is 6.92 Å². The Kier molecular flexibility index (Phi) is 4.53. The molecule has 1 aromatic heterocycles. The molecule has 2 aliphatic rings. The Morgan fingerprint density at radius 1 is 1.31 bits per heavy atom. The zero-order valence-corrected chi connectivity index (χ0v) is 15.7. The summed E-state index contributed by atoms with van der Waals surface area (Å²) in [5, 5.41) is 6.19. The van der Waals surface area contributed by atoms with Gasteiger partial charge in [-0.15, -0.1) is 11.3 Å². The summed E-state index contributed by atoms with van der Waals surface area (Å²) < 4.78 is 0. The van der Waals surface area contributed by atoms with Crippen LogP contribution in [0.3, 0.4) is 0 Å². The van der Waals surface area contributed by atoms with Gasteiger partial charge in [-0.25, -0.2) is 4.98 Å². The fourth-order valence-electron chi connectivity index (χ4n) is 4.11. The van der Waals surface area contributed by atoms with Crippen LogP contribution in [0.2, 0.25) is 0 Å². The molecule has 0 unspecified atom stereocenters. The maximum Gasteiger partial charge on any atom is 0.228 e. The number of benzene rings is 1. The van der Waals surface area contributed by atoms with Crippen molar-refractivity contribution in [1.82, 2.24) is 15.2 Å². The summed E-state index contributed by atoms with van der Waals surface area (Å²) in [5.41, 5.74) is 1.78. The highest BCUT2D eigenvalue weighted by Gasteiger charge is 2.46. The third-order valence-corrected chi connectivity index (χ3v) is 6.40. The van der Waals surface area contributed by atoms with Crippen LogP contribution >= 0.6 is 11.3 Å². The first kappa shape index (κ1) is 17.2. The highest BCUT2D eigenvalue weighted by atomic mass is 32.1. The monoisotopic (exact) mass is 369 g/mol. The Balaban J connectivity index is 1.37. The molecule has 0 saturated carbocycles. The molecule has 1 atom stereocenters. The Labute approximate surface area is 157 Å². The van der Waals surface area contributed by atoms with Crippen LogP contribution in [0.1, 0.15) is 41.4 Å². The molecule has 2 aliphatic heterocycles. The molecular weight excluding hydrogens is 346 g/mol. The maximum atomic E-state index is 12.5. The summed E-state index contributed by atoms with van der Waals surface area (Å²) in [6.45, 7) is 3.35. The number of carbonyl (C=O) groups excluding carboxylic acids is 2. The van der Waals surface area contributed by atoms with Crippen molar-refractivity contribution in [2.24, 2.45) is 0 Å². The molecule has 1 aromatic carbocycles. The molecule has 136 valence electrons. The van der Waals surface area contributed by atoms with Gasteiger partial charge in [-0.3, -0.25) is 9.59 Å². The van der Waals surface area contributed by atoms with Gasteiger partial charge in [-0.1, -0.05) is 30.3 Å². The lowest BCUT2D eigenvalue weighted by Crippen LogP contribution is -2.52. The summed E-state index contributed by atoms with van der Waals surface area (Å²) in [6, 6.07) is 9.99. The Morgan fingerprint density at radius 2 is 2.04 bits per heavy atom. The van der Waals surface area contributed by atoms with Crippen LogP contribution in [0.5, 0.6) is 0 Å². The maximum absolute atomic E-state index is 12.5. The van der Waals surface area contributed by atoms with E-state index in [1.54, 1.807) is 11.3 Å². The molecular formula is C20H23N3O2S. The van der Waals surface area contributed by atoms with Crippen LogP contribution in [0.15, 0.2) is 35.7 Å². The highest BCUT2D eigenvalue weighted by molar-refractivity contribution is 7.09. The summed E-state index contributed by atoms with van der Waals surface area (Å²) in [5.74, 6) is 0.180. The largest absolute Gasteiger partial charge is 0.350 e.